The van der Waals surface area contributed by atoms with E-state index in [2.05, 4.69) is 10.6 Å². The Morgan fingerprint density at radius 1 is 1.21 bits per heavy atom. The van der Waals surface area contributed by atoms with Crippen molar-refractivity contribution in [2.45, 2.75) is 44.2 Å². The Hall–Kier alpha value is -1.59. The first-order valence-electron chi connectivity index (χ1n) is 8.48. The summed E-state index contributed by atoms with van der Waals surface area (Å²) in [7, 11) is 3.39. The number of likely N-dealkylation sites (N-methyl/N-ethyl adjacent to an activating group) is 2. The molecule has 1 aromatic carbocycles. The van der Waals surface area contributed by atoms with Gasteiger partial charge in [0.2, 0.25) is 11.8 Å². The summed E-state index contributed by atoms with van der Waals surface area (Å²) in [6.45, 7) is 0.178. The van der Waals surface area contributed by atoms with Gasteiger partial charge >= 0.3 is 0 Å². The predicted molar refractivity (Wildman–Crippen MR) is 95.9 cm³/mol. The summed E-state index contributed by atoms with van der Waals surface area (Å²) < 4.78 is 0. The van der Waals surface area contributed by atoms with Gasteiger partial charge in [0.15, 0.2) is 0 Å². The number of amides is 2. The molecule has 6 heteroatoms. The molecule has 2 amide bonds. The molecule has 1 fully saturated rings. The van der Waals surface area contributed by atoms with E-state index in [1.165, 1.54) is 19.3 Å². The average Bonchev–Trinajstić information content (AvgIpc) is 2.57. The average molecular weight is 352 g/mol. The number of nitrogens with one attached hydrogen (secondary N) is 2. The molecule has 0 bridgehead atoms. The molecule has 1 aromatic rings. The minimum absolute atomic E-state index is 0.0349. The second-order valence-corrected chi connectivity index (χ2v) is 6.82. The molecule has 0 spiro atoms. The van der Waals surface area contributed by atoms with Gasteiger partial charge in [-0.1, -0.05) is 43.0 Å². The van der Waals surface area contributed by atoms with Crippen LogP contribution >= 0.6 is 11.6 Å². The first-order chi connectivity index (χ1) is 11.5. The summed E-state index contributed by atoms with van der Waals surface area (Å²) >= 11 is 5.92. The number of hydrogen-bond acceptors (Lipinski definition) is 3. The molecule has 0 radical (unpaired) electrons. The monoisotopic (exact) mass is 351 g/mol. The zero-order chi connectivity index (χ0) is 17.5. The Morgan fingerprint density at radius 2 is 1.83 bits per heavy atom. The summed E-state index contributed by atoms with van der Waals surface area (Å²) in [5, 5.41) is 6.37. The number of benzene rings is 1. The molecule has 5 nitrogen and oxygen atoms in total. The molecule has 0 saturated heterocycles. The summed E-state index contributed by atoms with van der Waals surface area (Å²) in [5.41, 5.74) is 0.812. The quantitative estimate of drug-likeness (QED) is 0.827. The number of halogens is 1. The Balaban J connectivity index is 2.01. The van der Waals surface area contributed by atoms with E-state index in [0.717, 1.165) is 18.4 Å². The lowest BCUT2D eigenvalue weighted by Crippen LogP contribution is -2.45. The highest BCUT2D eigenvalue weighted by molar-refractivity contribution is 6.30. The van der Waals surface area contributed by atoms with Crippen molar-refractivity contribution >= 4 is 23.4 Å². The lowest BCUT2D eigenvalue weighted by molar-refractivity contribution is -0.128. The highest BCUT2D eigenvalue weighted by Crippen LogP contribution is 2.22. The number of carbonyl (C=O) groups excluding carboxylic acids is 2. The molecule has 2 N–H and O–H groups in total. The van der Waals surface area contributed by atoms with Crippen LogP contribution in [-0.4, -0.2) is 43.4 Å². The molecule has 1 aliphatic carbocycles. The fraction of sp³-hybridized carbons (Fsp3) is 0.556. The smallest absolute Gasteiger partial charge is 0.241 e. The maximum Gasteiger partial charge on any atom is 0.241 e. The minimum atomic E-state index is -0.524. The van der Waals surface area contributed by atoms with E-state index in [4.69, 9.17) is 11.6 Å². The molecular formula is C18H26ClN3O2. The second kappa shape index (κ2) is 9.04. The van der Waals surface area contributed by atoms with E-state index >= 15 is 0 Å². The standard InChI is InChI=1S/C18H26ClN3O2/c1-20-18(24)17(13-8-10-14(19)11-9-13)22(2)12-16(23)21-15-6-4-3-5-7-15/h8-11,15,17H,3-7,12H2,1-2H3,(H,20,24)(H,21,23)/t17-/m1/s1. The molecule has 0 heterocycles. The van der Waals surface area contributed by atoms with Crippen molar-refractivity contribution in [3.63, 3.8) is 0 Å². The summed E-state index contributed by atoms with van der Waals surface area (Å²) in [6.07, 6.45) is 5.69. The van der Waals surface area contributed by atoms with E-state index in [1.807, 2.05) is 12.1 Å². The van der Waals surface area contributed by atoms with Gasteiger partial charge in [0.05, 0.1) is 6.54 Å². The Labute approximate surface area is 148 Å². The van der Waals surface area contributed by atoms with E-state index < -0.39 is 6.04 Å². The molecular weight excluding hydrogens is 326 g/mol. The molecule has 1 saturated carbocycles. The first kappa shape index (κ1) is 18.7. The zero-order valence-corrected chi connectivity index (χ0v) is 15.1. The van der Waals surface area contributed by atoms with Crippen molar-refractivity contribution in [1.29, 1.82) is 0 Å². The largest absolute Gasteiger partial charge is 0.358 e. The fourth-order valence-corrected chi connectivity index (χ4v) is 3.35. The maximum absolute atomic E-state index is 12.3. The normalized spacial score (nSPS) is 16.7. The van der Waals surface area contributed by atoms with Crippen LogP contribution in [0.25, 0.3) is 0 Å². The van der Waals surface area contributed by atoms with Gasteiger partial charge in [-0.2, -0.15) is 0 Å². The fourth-order valence-electron chi connectivity index (χ4n) is 3.23. The summed E-state index contributed by atoms with van der Waals surface area (Å²) in [5.74, 6) is -0.183. The Kier molecular flexibility index (Phi) is 7.06. The van der Waals surface area contributed by atoms with Crippen molar-refractivity contribution in [3.8, 4) is 0 Å². The number of rotatable bonds is 6. The summed E-state index contributed by atoms with van der Waals surface area (Å²) in [6, 6.07) is 6.89. The van der Waals surface area contributed by atoms with Crippen LogP contribution in [0, 0.1) is 0 Å². The first-order valence-corrected chi connectivity index (χ1v) is 8.85. The third-order valence-electron chi connectivity index (χ3n) is 4.48. The lowest BCUT2D eigenvalue weighted by Gasteiger charge is -2.28. The highest BCUT2D eigenvalue weighted by atomic mass is 35.5. The summed E-state index contributed by atoms with van der Waals surface area (Å²) in [4.78, 5) is 26.4. The van der Waals surface area contributed by atoms with Crippen molar-refractivity contribution in [3.05, 3.63) is 34.9 Å². The van der Waals surface area contributed by atoms with Crippen LogP contribution in [0.2, 0.25) is 5.02 Å². The van der Waals surface area contributed by atoms with Crippen molar-refractivity contribution < 1.29 is 9.59 Å². The van der Waals surface area contributed by atoms with Crippen molar-refractivity contribution in [2.75, 3.05) is 20.6 Å². The van der Waals surface area contributed by atoms with Gasteiger partial charge in [-0.25, -0.2) is 0 Å². The van der Waals surface area contributed by atoms with E-state index in [1.54, 1.807) is 31.1 Å². The Bertz CT molecular complexity index is 556. The number of carbonyl (C=O) groups is 2. The van der Waals surface area contributed by atoms with E-state index in [9.17, 15) is 9.59 Å². The molecule has 0 aromatic heterocycles. The van der Waals surface area contributed by atoms with Gasteiger partial charge in [-0.05, 0) is 37.6 Å². The van der Waals surface area contributed by atoms with Crippen LogP contribution in [0.4, 0.5) is 0 Å². The van der Waals surface area contributed by atoms with Crippen LogP contribution in [0.1, 0.15) is 43.7 Å². The minimum Gasteiger partial charge on any atom is -0.358 e. The second-order valence-electron chi connectivity index (χ2n) is 6.39. The van der Waals surface area contributed by atoms with Gasteiger partial charge in [0.1, 0.15) is 6.04 Å². The van der Waals surface area contributed by atoms with Gasteiger partial charge in [-0.15, -0.1) is 0 Å². The van der Waals surface area contributed by atoms with E-state index in [-0.39, 0.29) is 24.4 Å². The number of nitrogens with zero attached hydrogens (tertiary/aromatic N) is 1. The van der Waals surface area contributed by atoms with Crippen molar-refractivity contribution in [1.82, 2.24) is 15.5 Å². The van der Waals surface area contributed by atoms with Gasteiger partial charge in [0.25, 0.3) is 0 Å². The molecule has 132 valence electrons. The molecule has 2 rings (SSSR count). The van der Waals surface area contributed by atoms with Crippen LogP contribution in [-0.2, 0) is 9.59 Å². The molecule has 1 aliphatic rings. The predicted octanol–water partition coefficient (Wildman–Crippen LogP) is 2.51. The molecule has 0 aliphatic heterocycles. The third-order valence-corrected chi connectivity index (χ3v) is 4.74. The molecule has 1 atom stereocenters. The van der Waals surface area contributed by atoms with Gasteiger partial charge in [-0.3, -0.25) is 14.5 Å². The highest BCUT2D eigenvalue weighted by Gasteiger charge is 2.26. The topological polar surface area (TPSA) is 61.4 Å². The van der Waals surface area contributed by atoms with Crippen LogP contribution in [0.15, 0.2) is 24.3 Å². The van der Waals surface area contributed by atoms with Crippen LogP contribution < -0.4 is 10.6 Å². The molecule has 24 heavy (non-hydrogen) atoms. The Morgan fingerprint density at radius 3 is 2.42 bits per heavy atom. The van der Waals surface area contributed by atoms with E-state index in [0.29, 0.717) is 5.02 Å². The SMILES string of the molecule is CNC(=O)[C@@H](c1ccc(Cl)cc1)N(C)CC(=O)NC1CCCCC1. The lowest BCUT2D eigenvalue weighted by atomic mass is 9.95. The van der Waals surface area contributed by atoms with Crippen LogP contribution in [0.3, 0.4) is 0 Å². The van der Waals surface area contributed by atoms with Gasteiger partial charge in [0, 0.05) is 18.1 Å². The zero-order valence-electron chi connectivity index (χ0n) is 14.3. The maximum atomic E-state index is 12.3. The van der Waals surface area contributed by atoms with Crippen LogP contribution in [0.5, 0.6) is 0 Å². The third kappa shape index (κ3) is 5.21. The van der Waals surface area contributed by atoms with Gasteiger partial charge < -0.3 is 10.6 Å². The number of hydrogen-bond donors (Lipinski definition) is 2. The molecule has 0 unspecified atom stereocenters. The van der Waals surface area contributed by atoms with Crippen molar-refractivity contribution in [2.24, 2.45) is 0 Å².